The molecule has 6 heteroatoms. The standard InChI is InChI=1S/C20H23ClN4O/c1-14-5-6-16(10-17(14)21)18-11-22-19-7-8-20(23-25(18)19)26-13-15-4-3-9-24(2)12-15/h5-8,10-11,15H,3-4,9,12-13H2,1-2H3. The van der Waals surface area contributed by atoms with Gasteiger partial charge in [-0.05, 0) is 51.1 Å². The molecule has 1 fully saturated rings. The van der Waals surface area contributed by atoms with Gasteiger partial charge in [0, 0.05) is 29.1 Å². The van der Waals surface area contributed by atoms with Crippen molar-refractivity contribution in [2.24, 2.45) is 5.92 Å². The topological polar surface area (TPSA) is 42.7 Å². The van der Waals surface area contributed by atoms with E-state index in [9.17, 15) is 0 Å². The number of ether oxygens (including phenoxy) is 1. The molecule has 1 aromatic carbocycles. The Hall–Kier alpha value is -2.11. The normalized spacial score (nSPS) is 18.3. The zero-order valence-corrected chi connectivity index (χ0v) is 15.9. The maximum atomic E-state index is 6.28. The van der Waals surface area contributed by atoms with Crippen LogP contribution in [-0.4, -0.2) is 46.2 Å². The minimum absolute atomic E-state index is 0.560. The quantitative estimate of drug-likeness (QED) is 0.694. The zero-order chi connectivity index (χ0) is 18.1. The summed E-state index contributed by atoms with van der Waals surface area (Å²) in [6.07, 6.45) is 4.27. The number of aromatic nitrogens is 3. The maximum absolute atomic E-state index is 6.28. The average molecular weight is 371 g/mol. The van der Waals surface area contributed by atoms with Crippen LogP contribution in [0.1, 0.15) is 18.4 Å². The number of likely N-dealkylation sites (tertiary alicyclic amines) is 1. The van der Waals surface area contributed by atoms with E-state index in [2.05, 4.69) is 22.0 Å². The summed E-state index contributed by atoms with van der Waals surface area (Å²) in [4.78, 5) is 6.81. The second kappa shape index (κ2) is 7.25. The molecule has 1 unspecified atom stereocenters. The van der Waals surface area contributed by atoms with Crippen molar-refractivity contribution in [1.82, 2.24) is 19.5 Å². The summed E-state index contributed by atoms with van der Waals surface area (Å²) in [7, 11) is 2.17. The highest BCUT2D eigenvalue weighted by Gasteiger charge is 2.18. The molecule has 0 radical (unpaired) electrons. The summed E-state index contributed by atoms with van der Waals surface area (Å²) < 4.78 is 7.82. The van der Waals surface area contributed by atoms with Crippen molar-refractivity contribution in [3.8, 4) is 17.1 Å². The molecule has 1 saturated heterocycles. The van der Waals surface area contributed by atoms with Gasteiger partial charge in [0.1, 0.15) is 0 Å². The van der Waals surface area contributed by atoms with Gasteiger partial charge in [-0.2, -0.15) is 0 Å². The highest BCUT2D eigenvalue weighted by molar-refractivity contribution is 6.31. The van der Waals surface area contributed by atoms with Crippen LogP contribution in [0.4, 0.5) is 0 Å². The van der Waals surface area contributed by atoms with Crippen LogP contribution in [0.5, 0.6) is 5.88 Å². The van der Waals surface area contributed by atoms with Crippen LogP contribution in [0.2, 0.25) is 5.02 Å². The van der Waals surface area contributed by atoms with Crippen LogP contribution in [0, 0.1) is 12.8 Å². The molecule has 3 heterocycles. The number of benzene rings is 1. The van der Waals surface area contributed by atoms with E-state index in [1.807, 2.05) is 48.0 Å². The molecule has 1 atom stereocenters. The molecule has 0 N–H and O–H groups in total. The van der Waals surface area contributed by atoms with Crippen molar-refractivity contribution in [2.45, 2.75) is 19.8 Å². The fourth-order valence-corrected chi connectivity index (χ4v) is 3.68. The van der Waals surface area contributed by atoms with Gasteiger partial charge in [0.05, 0.1) is 18.5 Å². The molecule has 0 amide bonds. The zero-order valence-electron chi connectivity index (χ0n) is 15.2. The predicted molar refractivity (Wildman–Crippen MR) is 104 cm³/mol. The van der Waals surface area contributed by atoms with Crippen molar-refractivity contribution in [1.29, 1.82) is 0 Å². The number of imidazole rings is 1. The largest absolute Gasteiger partial charge is 0.476 e. The summed E-state index contributed by atoms with van der Waals surface area (Å²) in [6, 6.07) is 9.83. The maximum Gasteiger partial charge on any atom is 0.231 e. The van der Waals surface area contributed by atoms with Crippen molar-refractivity contribution >= 4 is 17.2 Å². The van der Waals surface area contributed by atoms with Crippen molar-refractivity contribution in [3.05, 3.63) is 47.1 Å². The Morgan fingerprint density at radius 2 is 2.15 bits per heavy atom. The van der Waals surface area contributed by atoms with E-state index in [1.165, 1.54) is 19.4 Å². The number of piperidine rings is 1. The first-order chi connectivity index (χ1) is 12.6. The molecule has 0 spiro atoms. The molecule has 5 nitrogen and oxygen atoms in total. The number of aryl methyl sites for hydroxylation is 1. The Balaban J connectivity index is 1.57. The predicted octanol–water partition coefficient (Wildman–Crippen LogP) is 4.08. The van der Waals surface area contributed by atoms with E-state index in [4.69, 9.17) is 16.3 Å². The van der Waals surface area contributed by atoms with Gasteiger partial charge in [-0.1, -0.05) is 23.7 Å². The minimum Gasteiger partial charge on any atom is -0.476 e. The van der Waals surface area contributed by atoms with Gasteiger partial charge in [-0.25, -0.2) is 9.50 Å². The van der Waals surface area contributed by atoms with Crippen molar-refractivity contribution < 1.29 is 4.74 Å². The first-order valence-corrected chi connectivity index (χ1v) is 9.40. The molecular formula is C20H23ClN4O. The Kier molecular flexibility index (Phi) is 4.83. The summed E-state index contributed by atoms with van der Waals surface area (Å²) in [5, 5.41) is 5.38. The van der Waals surface area contributed by atoms with E-state index in [1.54, 1.807) is 0 Å². The van der Waals surface area contributed by atoms with E-state index in [0.29, 0.717) is 18.4 Å². The van der Waals surface area contributed by atoms with E-state index >= 15 is 0 Å². The third kappa shape index (κ3) is 3.55. The molecule has 0 bridgehead atoms. The number of fused-ring (bicyclic) bond motifs is 1. The van der Waals surface area contributed by atoms with Crippen LogP contribution in [0.15, 0.2) is 36.5 Å². The van der Waals surface area contributed by atoms with Crippen LogP contribution >= 0.6 is 11.6 Å². The van der Waals surface area contributed by atoms with Crippen LogP contribution in [-0.2, 0) is 0 Å². The Bertz CT molecular complexity index is 923. The van der Waals surface area contributed by atoms with Gasteiger partial charge in [-0.3, -0.25) is 0 Å². The minimum atomic E-state index is 0.560. The molecule has 3 aromatic rings. The van der Waals surface area contributed by atoms with E-state index < -0.39 is 0 Å². The fourth-order valence-electron chi connectivity index (χ4n) is 3.49. The molecule has 0 aliphatic carbocycles. The number of halogens is 1. The summed E-state index contributed by atoms with van der Waals surface area (Å²) >= 11 is 6.28. The number of nitrogens with zero attached hydrogens (tertiary/aromatic N) is 4. The fraction of sp³-hybridized carbons (Fsp3) is 0.400. The molecular weight excluding hydrogens is 348 g/mol. The lowest BCUT2D eigenvalue weighted by atomic mass is 10.00. The number of rotatable bonds is 4. The smallest absolute Gasteiger partial charge is 0.231 e. The van der Waals surface area contributed by atoms with Crippen molar-refractivity contribution in [3.63, 3.8) is 0 Å². The Labute approximate surface area is 158 Å². The molecule has 0 saturated carbocycles. The van der Waals surface area contributed by atoms with Gasteiger partial charge in [0.25, 0.3) is 0 Å². The first kappa shape index (κ1) is 17.3. The lowest BCUT2D eigenvalue weighted by Crippen LogP contribution is -2.34. The Morgan fingerprint density at radius 1 is 1.27 bits per heavy atom. The third-order valence-corrected chi connectivity index (χ3v) is 5.40. The molecule has 136 valence electrons. The number of hydrogen-bond donors (Lipinski definition) is 0. The van der Waals surface area contributed by atoms with Gasteiger partial charge in [0.2, 0.25) is 5.88 Å². The first-order valence-electron chi connectivity index (χ1n) is 9.03. The van der Waals surface area contributed by atoms with Gasteiger partial charge >= 0.3 is 0 Å². The molecule has 1 aliphatic heterocycles. The van der Waals surface area contributed by atoms with Crippen LogP contribution in [0.3, 0.4) is 0 Å². The number of hydrogen-bond acceptors (Lipinski definition) is 4. The summed E-state index contributed by atoms with van der Waals surface area (Å²) in [5.41, 5.74) is 3.75. The van der Waals surface area contributed by atoms with Crippen LogP contribution < -0.4 is 4.74 Å². The molecule has 2 aromatic heterocycles. The molecule has 1 aliphatic rings. The van der Waals surface area contributed by atoms with E-state index in [-0.39, 0.29) is 0 Å². The lowest BCUT2D eigenvalue weighted by molar-refractivity contribution is 0.146. The lowest BCUT2D eigenvalue weighted by Gasteiger charge is -2.29. The highest BCUT2D eigenvalue weighted by atomic mass is 35.5. The van der Waals surface area contributed by atoms with Gasteiger partial charge in [-0.15, -0.1) is 5.10 Å². The van der Waals surface area contributed by atoms with Crippen molar-refractivity contribution in [2.75, 3.05) is 26.7 Å². The molecule has 4 rings (SSSR count). The monoisotopic (exact) mass is 370 g/mol. The summed E-state index contributed by atoms with van der Waals surface area (Å²) in [6.45, 7) is 4.95. The third-order valence-electron chi connectivity index (χ3n) is 4.99. The highest BCUT2D eigenvalue weighted by Crippen LogP contribution is 2.26. The average Bonchev–Trinajstić information content (AvgIpc) is 3.05. The van der Waals surface area contributed by atoms with Crippen LogP contribution in [0.25, 0.3) is 16.9 Å². The Morgan fingerprint density at radius 3 is 2.96 bits per heavy atom. The van der Waals surface area contributed by atoms with Gasteiger partial charge < -0.3 is 9.64 Å². The summed E-state index contributed by atoms with van der Waals surface area (Å²) in [5.74, 6) is 1.19. The molecule has 26 heavy (non-hydrogen) atoms. The second-order valence-electron chi connectivity index (χ2n) is 7.13. The SMILES string of the molecule is Cc1ccc(-c2cnc3ccc(OCC4CCCN(C)C4)nn23)cc1Cl. The second-order valence-corrected chi connectivity index (χ2v) is 7.54. The van der Waals surface area contributed by atoms with E-state index in [0.717, 1.165) is 34.0 Å². The van der Waals surface area contributed by atoms with Gasteiger partial charge in [0.15, 0.2) is 5.65 Å².